The lowest BCUT2D eigenvalue weighted by molar-refractivity contribution is -0.122. The number of carbonyl (C=O) groups is 3. The zero-order valence-corrected chi connectivity index (χ0v) is 17.5. The number of thiocarbonyl (C=S) groups is 1. The molecule has 4 rings (SSSR count). The summed E-state index contributed by atoms with van der Waals surface area (Å²) in [5.41, 5.74) is 0.384. The number of nitrogens with zero attached hydrogens (tertiary/aromatic N) is 1. The van der Waals surface area contributed by atoms with Crippen LogP contribution in [0, 0.1) is 5.82 Å². The van der Waals surface area contributed by atoms with Crippen molar-refractivity contribution >= 4 is 58.5 Å². The summed E-state index contributed by atoms with van der Waals surface area (Å²) in [6.45, 7) is 0. The minimum atomic E-state index is -1.13. The van der Waals surface area contributed by atoms with Gasteiger partial charge in [0.05, 0.1) is 16.3 Å². The number of rotatable bonds is 4. The number of carbonyl (C=O) groups excluding carboxylic acids is 2. The van der Waals surface area contributed by atoms with E-state index in [1.165, 1.54) is 60.7 Å². The van der Waals surface area contributed by atoms with Gasteiger partial charge in [-0.15, -0.1) is 0 Å². The molecule has 7 nitrogen and oxygen atoms in total. The Labute approximate surface area is 190 Å². The Hall–Kier alpha value is -3.82. The van der Waals surface area contributed by atoms with E-state index < -0.39 is 23.6 Å². The number of halogens is 2. The molecule has 2 heterocycles. The van der Waals surface area contributed by atoms with E-state index in [0.717, 1.165) is 4.90 Å². The fraction of sp³-hybridized carbons (Fsp3) is 0. The van der Waals surface area contributed by atoms with E-state index >= 15 is 0 Å². The van der Waals surface area contributed by atoms with E-state index in [2.05, 4.69) is 5.32 Å². The number of hydrogen-bond donors (Lipinski definition) is 2. The average Bonchev–Trinajstić information content (AvgIpc) is 3.21. The van der Waals surface area contributed by atoms with Crippen LogP contribution in [0.2, 0.25) is 5.02 Å². The van der Waals surface area contributed by atoms with E-state index in [4.69, 9.17) is 28.2 Å². The maximum Gasteiger partial charge on any atom is 0.335 e. The van der Waals surface area contributed by atoms with E-state index in [1.54, 1.807) is 0 Å². The second-order valence-electron chi connectivity index (χ2n) is 6.64. The van der Waals surface area contributed by atoms with E-state index in [9.17, 15) is 23.9 Å². The standard InChI is InChI=1S/C22H12ClFN2O5S/c23-17-7-1-11(21(29)30)9-15(17)18-8-6-14(31-18)10-16-19(27)25-22(32)26(20(16)28)13-4-2-12(24)3-5-13/h1-10H,(H,29,30)(H,25,27,32)/b16-10-. The van der Waals surface area contributed by atoms with Crippen molar-refractivity contribution in [3.8, 4) is 11.3 Å². The predicted octanol–water partition coefficient (Wildman–Crippen LogP) is 4.27. The van der Waals surface area contributed by atoms with Gasteiger partial charge in [0.1, 0.15) is 22.9 Å². The molecule has 3 aromatic rings. The number of benzene rings is 2. The van der Waals surface area contributed by atoms with Gasteiger partial charge >= 0.3 is 5.97 Å². The fourth-order valence-electron chi connectivity index (χ4n) is 3.05. The molecule has 0 unspecified atom stereocenters. The van der Waals surface area contributed by atoms with Gasteiger partial charge in [-0.05, 0) is 72.9 Å². The van der Waals surface area contributed by atoms with Crippen molar-refractivity contribution in [3.63, 3.8) is 0 Å². The summed E-state index contributed by atoms with van der Waals surface area (Å²) in [7, 11) is 0. The molecule has 10 heteroatoms. The van der Waals surface area contributed by atoms with Crippen LogP contribution in [0.3, 0.4) is 0 Å². The maximum atomic E-state index is 13.2. The zero-order chi connectivity index (χ0) is 23.0. The van der Waals surface area contributed by atoms with Crippen LogP contribution in [-0.4, -0.2) is 28.0 Å². The molecule has 1 aliphatic rings. The van der Waals surface area contributed by atoms with Crippen molar-refractivity contribution in [2.24, 2.45) is 0 Å². The van der Waals surface area contributed by atoms with Crippen LogP contribution in [0.1, 0.15) is 16.1 Å². The molecule has 1 aromatic heterocycles. The van der Waals surface area contributed by atoms with Crippen molar-refractivity contribution in [1.29, 1.82) is 0 Å². The molecule has 1 saturated heterocycles. The highest BCUT2D eigenvalue weighted by Gasteiger charge is 2.34. The Morgan fingerprint density at radius 3 is 2.53 bits per heavy atom. The van der Waals surface area contributed by atoms with Crippen molar-refractivity contribution < 1.29 is 28.3 Å². The third-order valence-electron chi connectivity index (χ3n) is 4.58. The van der Waals surface area contributed by atoms with Crippen LogP contribution in [0.5, 0.6) is 0 Å². The van der Waals surface area contributed by atoms with Crippen LogP contribution >= 0.6 is 23.8 Å². The quantitative estimate of drug-likeness (QED) is 0.335. The third kappa shape index (κ3) is 4.03. The SMILES string of the molecule is O=C1NC(=S)N(c2ccc(F)cc2)C(=O)/C1=C\c1ccc(-c2cc(C(=O)O)ccc2Cl)o1. The van der Waals surface area contributed by atoms with Gasteiger partial charge in [-0.3, -0.25) is 19.8 Å². The van der Waals surface area contributed by atoms with Gasteiger partial charge in [0.2, 0.25) is 0 Å². The Bertz CT molecular complexity index is 1320. The lowest BCUT2D eigenvalue weighted by Crippen LogP contribution is -2.54. The van der Waals surface area contributed by atoms with Crippen LogP contribution < -0.4 is 10.2 Å². The Morgan fingerprint density at radius 2 is 1.84 bits per heavy atom. The number of carboxylic acid groups (broad SMARTS) is 1. The molecule has 160 valence electrons. The Morgan fingerprint density at radius 1 is 1.12 bits per heavy atom. The van der Waals surface area contributed by atoms with E-state index in [1.807, 2.05) is 0 Å². The summed E-state index contributed by atoms with van der Waals surface area (Å²) in [4.78, 5) is 37.7. The van der Waals surface area contributed by atoms with Crippen molar-refractivity contribution in [2.75, 3.05) is 4.90 Å². The topological polar surface area (TPSA) is 99.9 Å². The van der Waals surface area contributed by atoms with Gasteiger partial charge < -0.3 is 9.52 Å². The number of anilines is 1. The maximum absolute atomic E-state index is 13.2. The molecule has 1 fully saturated rings. The number of furan rings is 1. The molecule has 2 amide bonds. The van der Waals surface area contributed by atoms with Crippen LogP contribution in [0.15, 0.2) is 64.6 Å². The number of hydrogen-bond acceptors (Lipinski definition) is 5. The molecule has 1 aliphatic heterocycles. The fourth-order valence-corrected chi connectivity index (χ4v) is 3.54. The third-order valence-corrected chi connectivity index (χ3v) is 5.19. The summed E-state index contributed by atoms with van der Waals surface area (Å²) < 4.78 is 18.9. The minimum absolute atomic E-state index is 0.0194. The molecular formula is C22H12ClFN2O5S. The lowest BCUT2D eigenvalue weighted by Gasteiger charge is -2.28. The average molecular weight is 471 g/mol. The molecule has 0 aliphatic carbocycles. The molecule has 0 bridgehead atoms. The second-order valence-corrected chi connectivity index (χ2v) is 7.43. The van der Waals surface area contributed by atoms with Gasteiger partial charge in [0.15, 0.2) is 5.11 Å². The zero-order valence-electron chi connectivity index (χ0n) is 16.0. The molecule has 2 aromatic carbocycles. The summed E-state index contributed by atoms with van der Waals surface area (Å²) in [5.74, 6) is -2.64. The van der Waals surface area contributed by atoms with Gasteiger partial charge in [-0.25, -0.2) is 9.18 Å². The van der Waals surface area contributed by atoms with Gasteiger partial charge in [0, 0.05) is 5.56 Å². The summed E-state index contributed by atoms with van der Waals surface area (Å²) in [6.07, 6.45) is 1.23. The molecule has 2 N–H and O–H groups in total. The molecule has 0 saturated carbocycles. The molecule has 0 atom stereocenters. The highest BCUT2D eigenvalue weighted by Crippen LogP contribution is 2.31. The van der Waals surface area contributed by atoms with Gasteiger partial charge in [0.25, 0.3) is 11.8 Å². The Kier molecular flexibility index (Phi) is 5.60. The van der Waals surface area contributed by atoms with Crippen molar-refractivity contribution in [2.45, 2.75) is 0 Å². The van der Waals surface area contributed by atoms with E-state index in [0.29, 0.717) is 5.56 Å². The van der Waals surface area contributed by atoms with Gasteiger partial charge in [-0.2, -0.15) is 0 Å². The molecule has 32 heavy (non-hydrogen) atoms. The van der Waals surface area contributed by atoms with Crippen LogP contribution in [0.4, 0.5) is 10.1 Å². The highest BCUT2D eigenvalue weighted by molar-refractivity contribution is 7.80. The van der Waals surface area contributed by atoms with Crippen molar-refractivity contribution in [3.05, 3.63) is 82.3 Å². The number of carboxylic acids is 1. The number of amides is 2. The summed E-state index contributed by atoms with van der Waals surface area (Å²) in [6, 6.07) is 12.2. The second kappa shape index (κ2) is 8.37. The number of aromatic carboxylic acids is 1. The summed E-state index contributed by atoms with van der Waals surface area (Å²) in [5, 5.41) is 11.7. The van der Waals surface area contributed by atoms with Crippen LogP contribution in [0.25, 0.3) is 17.4 Å². The molecule has 0 radical (unpaired) electrons. The lowest BCUT2D eigenvalue weighted by atomic mass is 10.1. The highest BCUT2D eigenvalue weighted by atomic mass is 35.5. The van der Waals surface area contributed by atoms with Crippen molar-refractivity contribution in [1.82, 2.24) is 5.32 Å². The molecular weight excluding hydrogens is 459 g/mol. The first kappa shape index (κ1) is 21.4. The Balaban J connectivity index is 1.69. The smallest absolute Gasteiger partial charge is 0.335 e. The van der Waals surface area contributed by atoms with E-state index in [-0.39, 0.29) is 38.5 Å². The first-order valence-corrected chi connectivity index (χ1v) is 9.83. The first-order chi connectivity index (χ1) is 15.2. The molecule has 0 spiro atoms. The predicted molar refractivity (Wildman–Crippen MR) is 119 cm³/mol. The largest absolute Gasteiger partial charge is 0.478 e. The monoisotopic (exact) mass is 470 g/mol. The normalized spacial score (nSPS) is 15.2. The number of nitrogens with one attached hydrogen (secondary N) is 1. The first-order valence-electron chi connectivity index (χ1n) is 9.04. The minimum Gasteiger partial charge on any atom is -0.478 e. The van der Waals surface area contributed by atoms with Gasteiger partial charge in [-0.1, -0.05) is 11.6 Å². The van der Waals surface area contributed by atoms with Crippen LogP contribution in [-0.2, 0) is 9.59 Å². The summed E-state index contributed by atoms with van der Waals surface area (Å²) >= 11 is 11.3.